The van der Waals surface area contributed by atoms with Gasteiger partial charge in [-0.15, -0.1) is 11.8 Å². The molecule has 2 saturated heterocycles. The molecule has 0 amide bonds. The summed E-state index contributed by atoms with van der Waals surface area (Å²) in [4.78, 5) is 12.8. The van der Waals surface area contributed by atoms with E-state index in [9.17, 15) is 4.79 Å². The lowest BCUT2D eigenvalue weighted by molar-refractivity contribution is -0.139. The Bertz CT molecular complexity index is 187. The topological polar surface area (TPSA) is 52.6 Å². The van der Waals surface area contributed by atoms with Crippen LogP contribution in [-0.4, -0.2) is 46.4 Å². The van der Waals surface area contributed by atoms with E-state index in [2.05, 4.69) is 10.2 Å². The number of rotatable bonds is 1. The number of thioether (sulfide) groups is 1. The number of fused-ring (bicyclic) bond motifs is 1. The molecule has 2 aliphatic heterocycles. The van der Waals surface area contributed by atoms with Gasteiger partial charge in [0, 0.05) is 24.3 Å². The molecule has 4 nitrogen and oxygen atoms in total. The SMILES string of the molecule is O=C(O)C1NCN2CSCC12. The van der Waals surface area contributed by atoms with Gasteiger partial charge in [0.05, 0.1) is 0 Å². The summed E-state index contributed by atoms with van der Waals surface area (Å²) in [6, 6.07) is -0.123. The van der Waals surface area contributed by atoms with Gasteiger partial charge in [-0.1, -0.05) is 0 Å². The summed E-state index contributed by atoms with van der Waals surface area (Å²) in [7, 11) is 0. The first-order valence-electron chi connectivity index (χ1n) is 3.57. The first-order valence-corrected chi connectivity index (χ1v) is 4.72. The number of nitrogens with one attached hydrogen (secondary N) is 1. The molecule has 2 aliphatic rings. The van der Waals surface area contributed by atoms with Crippen LogP contribution in [0.1, 0.15) is 0 Å². The minimum absolute atomic E-state index is 0.220. The Labute approximate surface area is 68.9 Å². The van der Waals surface area contributed by atoms with Gasteiger partial charge in [-0.05, 0) is 0 Å². The fourth-order valence-electron chi connectivity index (χ4n) is 1.57. The number of hydrogen-bond acceptors (Lipinski definition) is 4. The maximum atomic E-state index is 10.6. The lowest BCUT2D eigenvalue weighted by atomic mass is 10.1. The van der Waals surface area contributed by atoms with Crippen molar-refractivity contribution in [1.29, 1.82) is 0 Å². The molecule has 0 bridgehead atoms. The van der Waals surface area contributed by atoms with Crippen LogP contribution in [0, 0.1) is 0 Å². The Balaban J connectivity index is 2.08. The van der Waals surface area contributed by atoms with Crippen molar-refractivity contribution in [1.82, 2.24) is 10.2 Å². The fraction of sp³-hybridized carbons (Fsp3) is 0.833. The number of carboxylic acids is 1. The maximum Gasteiger partial charge on any atom is 0.322 e. The molecule has 62 valence electrons. The van der Waals surface area contributed by atoms with E-state index in [1.165, 1.54) is 0 Å². The lowest BCUT2D eigenvalue weighted by Crippen LogP contribution is -2.40. The molecule has 2 atom stereocenters. The zero-order chi connectivity index (χ0) is 7.84. The molecule has 5 heteroatoms. The molecule has 0 aliphatic carbocycles. The molecule has 2 rings (SSSR count). The molecule has 2 heterocycles. The van der Waals surface area contributed by atoms with Crippen molar-refractivity contribution in [3.63, 3.8) is 0 Å². The summed E-state index contributed by atoms with van der Waals surface area (Å²) in [6.07, 6.45) is 0. The van der Waals surface area contributed by atoms with Crippen LogP contribution in [0.5, 0.6) is 0 Å². The summed E-state index contributed by atoms with van der Waals surface area (Å²) in [6.45, 7) is 0.731. The molecular weight excluding hydrogens is 164 g/mol. The molecular formula is C6H10N2O2S. The number of aliphatic carboxylic acids is 1. The maximum absolute atomic E-state index is 10.6. The monoisotopic (exact) mass is 174 g/mol. The third-order valence-electron chi connectivity index (χ3n) is 2.18. The van der Waals surface area contributed by atoms with Crippen LogP contribution >= 0.6 is 11.8 Å². The second kappa shape index (κ2) is 2.66. The summed E-state index contributed by atoms with van der Waals surface area (Å²) in [5.41, 5.74) is 0. The highest BCUT2D eigenvalue weighted by Gasteiger charge is 2.41. The minimum Gasteiger partial charge on any atom is -0.480 e. The molecule has 2 unspecified atom stereocenters. The van der Waals surface area contributed by atoms with Crippen LogP contribution in [0.4, 0.5) is 0 Å². The second-order valence-electron chi connectivity index (χ2n) is 2.83. The van der Waals surface area contributed by atoms with Gasteiger partial charge >= 0.3 is 5.97 Å². The number of nitrogens with zero attached hydrogens (tertiary/aromatic N) is 1. The van der Waals surface area contributed by atoms with Crippen LogP contribution in [0.25, 0.3) is 0 Å². The van der Waals surface area contributed by atoms with E-state index in [1.54, 1.807) is 0 Å². The summed E-state index contributed by atoms with van der Waals surface area (Å²) < 4.78 is 0. The highest BCUT2D eigenvalue weighted by molar-refractivity contribution is 7.99. The Morgan fingerprint density at radius 3 is 3.27 bits per heavy atom. The van der Waals surface area contributed by atoms with Gasteiger partial charge < -0.3 is 5.11 Å². The Morgan fingerprint density at radius 1 is 1.73 bits per heavy atom. The lowest BCUT2D eigenvalue weighted by Gasteiger charge is -2.13. The third-order valence-corrected chi connectivity index (χ3v) is 3.27. The van der Waals surface area contributed by atoms with Gasteiger partial charge in [-0.3, -0.25) is 15.0 Å². The molecule has 0 radical (unpaired) electrons. The first kappa shape index (κ1) is 7.39. The molecule has 11 heavy (non-hydrogen) atoms. The molecule has 0 spiro atoms. The first-order chi connectivity index (χ1) is 5.29. The molecule has 2 N–H and O–H groups in total. The van der Waals surface area contributed by atoms with Gasteiger partial charge in [0.1, 0.15) is 6.04 Å². The molecule has 2 fully saturated rings. The third kappa shape index (κ3) is 1.13. The minimum atomic E-state index is -0.722. The fourth-order valence-corrected chi connectivity index (χ4v) is 2.83. The average molecular weight is 174 g/mol. The van der Waals surface area contributed by atoms with Gasteiger partial charge in [0.25, 0.3) is 0 Å². The van der Waals surface area contributed by atoms with E-state index in [1.807, 2.05) is 11.8 Å². The van der Waals surface area contributed by atoms with Gasteiger partial charge in [-0.2, -0.15) is 0 Å². The molecule has 0 saturated carbocycles. The van der Waals surface area contributed by atoms with Crippen molar-refractivity contribution < 1.29 is 9.90 Å². The van der Waals surface area contributed by atoms with E-state index in [0.717, 1.165) is 18.3 Å². The van der Waals surface area contributed by atoms with Crippen LogP contribution in [-0.2, 0) is 4.79 Å². The van der Waals surface area contributed by atoms with Crippen molar-refractivity contribution in [3.05, 3.63) is 0 Å². The summed E-state index contributed by atoms with van der Waals surface area (Å²) in [5.74, 6) is 1.20. The highest BCUT2D eigenvalue weighted by atomic mass is 32.2. The predicted molar refractivity (Wildman–Crippen MR) is 42.4 cm³/mol. The van der Waals surface area contributed by atoms with E-state index in [0.29, 0.717) is 0 Å². The Hall–Kier alpha value is -0.260. The van der Waals surface area contributed by atoms with E-state index >= 15 is 0 Å². The van der Waals surface area contributed by atoms with Gasteiger partial charge in [0.15, 0.2) is 0 Å². The zero-order valence-corrected chi connectivity index (χ0v) is 6.80. The summed E-state index contributed by atoms with van der Waals surface area (Å²) in [5, 5.41) is 11.7. The van der Waals surface area contributed by atoms with Crippen LogP contribution < -0.4 is 5.32 Å². The van der Waals surface area contributed by atoms with Gasteiger partial charge in [-0.25, -0.2) is 0 Å². The van der Waals surface area contributed by atoms with E-state index < -0.39 is 5.97 Å². The smallest absolute Gasteiger partial charge is 0.322 e. The molecule has 0 aromatic carbocycles. The predicted octanol–water partition coefficient (Wildman–Crippen LogP) is -0.625. The van der Waals surface area contributed by atoms with Crippen molar-refractivity contribution >= 4 is 17.7 Å². The van der Waals surface area contributed by atoms with E-state index in [-0.39, 0.29) is 12.1 Å². The standard InChI is InChI=1S/C6H10N2O2S/c9-6(10)5-4-1-11-3-8(4)2-7-5/h4-5,7H,1-3H2,(H,9,10). The normalized spacial score (nSPS) is 37.5. The van der Waals surface area contributed by atoms with Crippen LogP contribution in [0.2, 0.25) is 0 Å². The van der Waals surface area contributed by atoms with Crippen molar-refractivity contribution in [2.45, 2.75) is 12.1 Å². The quantitative estimate of drug-likeness (QED) is 0.554. The summed E-state index contributed by atoms with van der Waals surface area (Å²) >= 11 is 1.81. The molecule has 0 aromatic heterocycles. The van der Waals surface area contributed by atoms with Crippen molar-refractivity contribution in [3.8, 4) is 0 Å². The van der Waals surface area contributed by atoms with E-state index in [4.69, 9.17) is 5.11 Å². The van der Waals surface area contributed by atoms with Crippen molar-refractivity contribution in [2.24, 2.45) is 0 Å². The second-order valence-corrected chi connectivity index (χ2v) is 3.83. The zero-order valence-electron chi connectivity index (χ0n) is 5.99. The average Bonchev–Trinajstić information content (AvgIpc) is 2.41. The number of carbonyl (C=O) groups is 1. The van der Waals surface area contributed by atoms with Crippen LogP contribution in [0.15, 0.2) is 0 Å². The largest absolute Gasteiger partial charge is 0.480 e. The Morgan fingerprint density at radius 2 is 2.55 bits per heavy atom. The Kier molecular flexibility index (Phi) is 1.78. The number of hydrogen-bond donors (Lipinski definition) is 2. The van der Waals surface area contributed by atoms with Crippen LogP contribution in [0.3, 0.4) is 0 Å². The number of carboxylic acid groups (broad SMARTS) is 1. The molecule has 0 aromatic rings. The van der Waals surface area contributed by atoms with Crippen molar-refractivity contribution in [2.75, 3.05) is 18.3 Å². The highest BCUT2D eigenvalue weighted by Crippen LogP contribution is 2.25. The van der Waals surface area contributed by atoms with Gasteiger partial charge in [0.2, 0.25) is 0 Å².